The maximum atomic E-state index is 12.7. The summed E-state index contributed by atoms with van der Waals surface area (Å²) in [6.07, 6.45) is 0. The van der Waals surface area contributed by atoms with Gasteiger partial charge >= 0.3 is 0 Å². The number of thiophene rings is 1. The van der Waals surface area contributed by atoms with E-state index in [1.54, 1.807) is 47.4 Å². The van der Waals surface area contributed by atoms with Gasteiger partial charge in [-0.1, -0.05) is 6.07 Å². The first-order valence-corrected chi connectivity index (χ1v) is 12.6. The number of sulfonamides is 1. The molecule has 2 aromatic heterocycles. The topological polar surface area (TPSA) is 72.0 Å². The summed E-state index contributed by atoms with van der Waals surface area (Å²) in [6, 6.07) is 9.21. The fourth-order valence-electron chi connectivity index (χ4n) is 3.38. The minimum Gasteiger partial charge on any atom is -0.493 e. The van der Waals surface area contributed by atoms with Crippen molar-refractivity contribution in [2.75, 3.05) is 40.4 Å². The van der Waals surface area contributed by atoms with Gasteiger partial charge in [0.05, 0.1) is 19.9 Å². The van der Waals surface area contributed by atoms with Crippen molar-refractivity contribution in [2.45, 2.75) is 10.8 Å². The predicted octanol–water partition coefficient (Wildman–Crippen LogP) is 3.40. The van der Waals surface area contributed by atoms with E-state index >= 15 is 0 Å². The molecule has 30 heavy (non-hydrogen) atoms. The Morgan fingerprint density at radius 3 is 2.47 bits per heavy atom. The number of thiazole rings is 1. The lowest BCUT2D eigenvalue weighted by atomic mass is 10.2. The van der Waals surface area contributed by atoms with Gasteiger partial charge in [0.15, 0.2) is 11.5 Å². The van der Waals surface area contributed by atoms with E-state index in [1.165, 1.54) is 11.3 Å². The lowest BCUT2D eigenvalue weighted by Gasteiger charge is -2.33. The van der Waals surface area contributed by atoms with E-state index < -0.39 is 10.0 Å². The molecule has 3 aromatic rings. The van der Waals surface area contributed by atoms with Crippen molar-refractivity contribution >= 4 is 32.7 Å². The molecular weight excluding hydrogens is 442 g/mol. The zero-order chi connectivity index (χ0) is 21.1. The second-order valence-corrected chi connectivity index (χ2v) is 10.8. The smallest absolute Gasteiger partial charge is 0.252 e. The molecule has 0 aliphatic carbocycles. The van der Waals surface area contributed by atoms with Gasteiger partial charge in [-0.3, -0.25) is 4.90 Å². The summed E-state index contributed by atoms with van der Waals surface area (Å²) >= 11 is 2.85. The van der Waals surface area contributed by atoms with Crippen molar-refractivity contribution in [3.63, 3.8) is 0 Å². The molecule has 0 unspecified atom stereocenters. The van der Waals surface area contributed by atoms with Crippen LogP contribution in [0.15, 0.2) is 45.3 Å². The highest BCUT2D eigenvalue weighted by atomic mass is 32.2. The van der Waals surface area contributed by atoms with Gasteiger partial charge in [0.25, 0.3) is 10.0 Å². The molecular formula is C20H23N3O4S3. The maximum Gasteiger partial charge on any atom is 0.252 e. The average molecular weight is 466 g/mol. The molecule has 0 amide bonds. The van der Waals surface area contributed by atoms with E-state index in [9.17, 15) is 8.42 Å². The Kier molecular flexibility index (Phi) is 6.40. The standard InChI is InChI=1S/C20H23N3O4S3/c1-26-17-6-5-15(12-18(17)27-2)20-21-16(14-29-20)13-22-7-9-23(10-8-22)30(24,25)19-4-3-11-28-19/h3-6,11-12,14H,7-10,13H2,1-2H3. The van der Waals surface area contributed by atoms with Crippen LogP contribution in [-0.4, -0.2) is 63.0 Å². The highest BCUT2D eigenvalue weighted by Gasteiger charge is 2.29. The lowest BCUT2D eigenvalue weighted by Crippen LogP contribution is -2.48. The number of hydrogen-bond acceptors (Lipinski definition) is 8. The van der Waals surface area contributed by atoms with Crippen LogP contribution in [0.5, 0.6) is 11.5 Å². The summed E-state index contributed by atoms with van der Waals surface area (Å²) in [5.74, 6) is 1.36. The molecule has 7 nitrogen and oxygen atoms in total. The Labute approximate surface area is 184 Å². The summed E-state index contributed by atoms with van der Waals surface area (Å²) in [4.78, 5) is 7.01. The van der Waals surface area contributed by atoms with Crippen LogP contribution in [0.2, 0.25) is 0 Å². The van der Waals surface area contributed by atoms with Crippen molar-refractivity contribution in [2.24, 2.45) is 0 Å². The molecule has 1 aliphatic rings. The summed E-state index contributed by atoms with van der Waals surface area (Å²) in [6.45, 7) is 3.07. The summed E-state index contributed by atoms with van der Waals surface area (Å²) < 4.78 is 38.0. The molecule has 4 rings (SSSR count). The van der Waals surface area contributed by atoms with Crippen molar-refractivity contribution in [3.05, 3.63) is 46.8 Å². The highest BCUT2D eigenvalue weighted by molar-refractivity contribution is 7.91. The summed E-state index contributed by atoms with van der Waals surface area (Å²) in [5.41, 5.74) is 1.97. The highest BCUT2D eigenvalue weighted by Crippen LogP contribution is 2.33. The Hall–Kier alpha value is -1.98. The van der Waals surface area contributed by atoms with Crippen LogP contribution < -0.4 is 9.47 Å². The van der Waals surface area contributed by atoms with E-state index in [2.05, 4.69) is 10.3 Å². The van der Waals surface area contributed by atoms with E-state index in [-0.39, 0.29) is 0 Å². The molecule has 3 heterocycles. The number of hydrogen-bond donors (Lipinski definition) is 0. The monoisotopic (exact) mass is 465 g/mol. The van der Waals surface area contributed by atoms with Gasteiger partial charge in [0.2, 0.25) is 0 Å². The fraction of sp³-hybridized carbons (Fsp3) is 0.350. The number of nitrogens with zero attached hydrogens (tertiary/aromatic N) is 3. The van der Waals surface area contributed by atoms with E-state index in [0.717, 1.165) is 16.3 Å². The fourth-order valence-corrected chi connectivity index (χ4v) is 6.75. The number of rotatable bonds is 7. The van der Waals surface area contributed by atoms with Crippen molar-refractivity contribution < 1.29 is 17.9 Å². The third-order valence-electron chi connectivity index (χ3n) is 4.99. The number of piperazine rings is 1. The van der Waals surface area contributed by atoms with Crippen LogP contribution in [-0.2, 0) is 16.6 Å². The number of methoxy groups -OCH3 is 2. The molecule has 1 fully saturated rings. The van der Waals surface area contributed by atoms with Crippen molar-refractivity contribution in [1.82, 2.24) is 14.2 Å². The Morgan fingerprint density at radius 2 is 1.80 bits per heavy atom. The number of ether oxygens (including phenoxy) is 2. The minimum absolute atomic E-state index is 0.412. The maximum absolute atomic E-state index is 12.7. The van der Waals surface area contributed by atoms with Crippen LogP contribution in [0.25, 0.3) is 10.6 Å². The molecule has 0 N–H and O–H groups in total. The van der Waals surface area contributed by atoms with E-state index in [0.29, 0.717) is 48.4 Å². The molecule has 0 saturated carbocycles. The van der Waals surface area contributed by atoms with Gasteiger partial charge in [-0.05, 0) is 29.6 Å². The normalized spacial score (nSPS) is 15.9. The quantitative estimate of drug-likeness (QED) is 0.533. The van der Waals surface area contributed by atoms with Gasteiger partial charge < -0.3 is 9.47 Å². The molecule has 0 atom stereocenters. The van der Waals surface area contributed by atoms with E-state index in [1.807, 2.05) is 18.2 Å². The second kappa shape index (κ2) is 9.03. The zero-order valence-electron chi connectivity index (χ0n) is 16.8. The van der Waals surface area contributed by atoms with Crippen LogP contribution in [0.1, 0.15) is 5.69 Å². The lowest BCUT2D eigenvalue weighted by molar-refractivity contribution is 0.180. The first-order chi connectivity index (χ1) is 14.5. The molecule has 0 radical (unpaired) electrons. The molecule has 1 aliphatic heterocycles. The molecule has 10 heteroatoms. The molecule has 1 aromatic carbocycles. The van der Waals surface area contributed by atoms with Gasteiger partial charge in [0, 0.05) is 43.7 Å². The SMILES string of the molecule is COc1ccc(-c2nc(CN3CCN(S(=O)(=O)c4cccs4)CC3)cs2)cc1OC. The first kappa shape index (κ1) is 21.3. The largest absolute Gasteiger partial charge is 0.493 e. The molecule has 0 bridgehead atoms. The van der Waals surface area contributed by atoms with Crippen LogP contribution >= 0.6 is 22.7 Å². The predicted molar refractivity (Wildman–Crippen MR) is 119 cm³/mol. The van der Waals surface area contributed by atoms with Crippen molar-refractivity contribution in [1.29, 1.82) is 0 Å². The summed E-state index contributed by atoms with van der Waals surface area (Å²) in [5, 5.41) is 4.77. The Morgan fingerprint density at radius 1 is 1.03 bits per heavy atom. The van der Waals surface area contributed by atoms with Crippen LogP contribution in [0, 0.1) is 0 Å². The molecule has 0 spiro atoms. The number of benzene rings is 1. The van der Waals surface area contributed by atoms with Gasteiger partial charge in [0.1, 0.15) is 9.22 Å². The van der Waals surface area contributed by atoms with Gasteiger partial charge in [-0.15, -0.1) is 22.7 Å². The van der Waals surface area contributed by atoms with Gasteiger partial charge in [-0.2, -0.15) is 4.31 Å². The molecule has 1 saturated heterocycles. The Balaban J connectivity index is 1.38. The zero-order valence-corrected chi connectivity index (χ0v) is 19.2. The third kappa shape index (κ3) is 4.37. The second-order valence-electron chi connectivity index (χ2n) is 6.83. The summed E-state index contributed by atoms with van der Waals surface area (Å²) in [7, 11) is -0.136. The minimum atomic E-state index is -3.37. The first-order valence-electron chi connectivity index (χ1n) is 9.44. The number of aromatic nitrogens is 1. The average Bonchev–Trinajstić information content (AvgIpc) is 3.46. The third-order valence-corrected chi connectivity index (χ3v) is 9.20. The molecule has 160 valence electrons. The van der Waals surface area contributed by atoms with Crippen molar-refractivity contribution in [3.8, 4) is 22.1 Å². The van der Waals surface area contributed by atoms with Crippen LogP contribution in [0.4, 0.5) is 0 Å². The Bertz CT molecular complexity index is 1090. The van der Waals surface area contributed by atoms with Gasteiger partial charge in [-0.25, -0.2) is 13.4 Å². The van der Waals surface area contributed by atoms with Crippen LogP contribution in [0.3, 0.4) is 0 Å². The van der Waals surface area contributed by atoms with E-state index in [4.69, 9.17) is 14.5 Å².